The molecule has 1 fully saturated rings. The molecule has 0 aromatic rings. The molecule has 0 bridgehead atoms. The zero-order valence-electron chi connectivity index (χ0n) is 6.34. The molecule has 0 saturated carbocycles. The van der Waals surface area contributed by atoms with E-state index >= 15 is 0 Å². The van der Waals surface area contributed by atoms with Crippen molar-refractivity contribution in [2.75, 3.05) is 13.1 Å². The summed E-state index contributed by atoms with van der Waals surface area (Å²) < 4.78 is 0. The summed E-state index contributed by atoms with van der Waals surface area (Å²) in [6, 6.07) is 0. The second kappa shape index (κ2) is 4.16. The van der Waals surface area contributed by atoms with Gasteiger partial charge in [0.25, 0.3) is 0 Å². The molecule has 1 heterocycles. The van der Waals surface area contributed by atoms with Gasteiger partial charge >= 0.3 is 0 Å². The number of carbonyl (C=O) groups is 1. The highest BCUT2D eigenvalue weighted by molar-refractivity contribution is 5.87. The summed E-state index contributed by atoms with van der Waals surface area (Å²) in [6.45, 7) is 7.42. The van der Waals surface area contributed by atoms with Gasteiger partial charge < -0.3 is 4.90 Å². The lowest BCUT2D eigenvalue weighted by Gasteiger charge is -2.11. The Morgan fingerprint density at radius 2 is 2.36 bits per heavy atom. The van der Waals surface area contributed by atoms with Crippen LogP contribution in [0.1, 0.15) is 20.8 Å². The van der Waals surface area contributed by atoms with Crippen molar-refractivity contribution in [2.24, 2.45) is 5.92 Å². The highest BCUT2D eigenvalue weighted by Crippen LogP contribution is 2.14. The Bertz CT molecular complexity index is 154. The van der Waals surface area contributed by atoms with Gasteiger partial charge in [0.1, 0.15) is 0 Å². The first kappa shape index (κ1) is 10.2. The molecule has 64 valence electrons. The minimum Gasteiger partial charge on any atom is -0.339 e. The lowest BCUT2D eigenvalue weighted by molar-refractivity contribution is -0.125. The molecule has 1 aliphatic heterocycles. The number of rotatable bonds is 1. The van der Waals surface area contributed by atoms with Crippen molar-refractivity contribution in [1.29, 1.82) is 0 Å². The van der Waals surface area contributed by atoms with Gasteiger partial charge in [0, 0.05) is 13.1 Å². The predicted molar refractivity (Wildman–Crippen MR) is 47.3 cm³/mol. The van der Waals surface area contributed by atoms with Crippen LogP contribution >= 0.6 is 0 Å². The molecule has 0 aromatic carbocycles. The second-order valence-corrected chi connectivity index (χ2v) is 2.88. The van der Waals surface area contributed by atoms with E-state index in [9.17, 15) is 4.79 Å². The van der Waals surface area contributed by atoms with Crippen LogP contribution in [0.25, 0.3) is 0 Å². The molecular formula is C9H17NO. The van der Waals surface area contributed by atoms with Gasteiger partial charge in [-0.15, -0.1) is 0 Å². The molecular weight excluding hydrogens is 138 g/mol. The normalized spacial score (nSPS) is 22.6. The van der Waals surface area contributed by atoms with Crippen LogP contribution in [0, 0.1) is 5.92 Å². The fourth-order valence-corrected chi connectivity index (χ4v) is 1.26. The van der Waals surface area contributed by atoms with E-state index in [0.717, 1.165) is 19.5 Å². The average Bonchev–Trinajstić information content (AvgIpc) is 2.34. The first-order chi connectivity index (χ1) is 4.74. The molecule has 1 unspecified atom stereocenters. The lowest BCUT2D eigenvalue weighted by atomic mass is 10.2. The molecule has 11 heavy (non-hydrogen) atoms. The maximum absolute atomic E-state index is 11.0. The van der Waals surface area contributed by atoms with Crippen LogP contribution in [0.2, 0.25) is 0 Å². The Kier molecular flexibility index (Phi) is 3.86. The van der Waals surface area contributed by atoms with E-state index in [2.05, 4.69) is 13.5 Å². The number of amides is 1. The van der Waals surface area contributed by atoms with Gasteiger partial charge in [-0.2, -0.15) is 0 Å². The van der Waals surface area contributed by atoms with Gasteiger partial charge in [0.2, 0.25) is 5.91 Å². The van der Waals surface area contributed by atoms with Crippen molar-refractivity contribution in [3.05, 3.63) is 12.7 Å². The van der Waals surface area contributed by atoms with E-state index < -0.39 is 0 Å². The molecule has 1 amide bonds. The van der Waals surface area contributed by atoms with Gasteiger partial charge in [-0.3, -0.25) is 4.79 Å². The predicted octanol–water partition coefficient (Wildman–Crippen LogP) is 1.68. The van der Waals surface area contributed by atoms with E-state index in [-0.39, 0.29) is 13.3 Å². The van der Waals surface area contributed by atoms with Crippen molar-refractivity contribution in [1.82, 2.24) is 4.90 Å². The van der Waals surface area contributed by atoms with E-state index in [0.29, 0.717) is 5.92 Å². The lowest BCUT2D eigenvalue weighted by Crippen LogP contribution is -2.26. The Hall–Kier alpha value is -0.790. The average molecular weight is 155 g/mol. The molecule has 1 atom stereocenters. The summed E-state index contributed by atoms with van der Waals surface area (Å²) in [5.41, 5.74) is 0. The van der Waals surface area contributed by atoms with E-state index in [1.54, 1.807) is 0 Å². The fraction of sp³-hybridized carbons (Fsp3) is 0.667. The molecule has 2 heteroatoms. The SMILES string of the molecule is C.C=CC(=O)N1CCC(C)C1. The van der Waals surface area contributed by atoms with Crippen LogP contribution in [-0.4, -0.2) is 23.9 Å². The van der Waals surface area contributed by atoms with Crippen LogP contribution in [0.5, 0.6) is 0 Å². The van der Waals surface area contributed by atoms with Crippen LogP contribution in [0.4, 0.5) is 0 Å². The minimum atomic E-state index is 0. The monoisotopic (exact) mass is 155 g/mol. The van der Waals surface area contributed by atoms with Crippen molar-refractivity contribution < 1.29 is 4.79 Å². The highest BCUT2D eigenvalue weighted by Gasteiger charge is 2.20. The van der Waals surface area contributed by atoms with Gasteiger partial charge in [0.15, 0.2) is 0 Å². The second-order valence-electron chi connectivity index (χ2n) is 2.88. The van der Waals surface area contributed by atoms with Crippen molar-refractivity contribution >= 4 is 5.91 Å². The molecule has 1 saturated heterocycles. The smallest absolute Gasteiger partial charge is 0.245 e. The molecule has 2 nitrogen and oxygen atoms in total. The van der Waals surface area contributed by atoms with E-state index in [1.807, 2.05) is 4.90 Å². The first-order valence-corrected chi connectivity index (χ1v) is 3.65. The molecule has 0 radical (unpaired) electrons. The Balaban J connectivity index is 0.000001000. The maximum atomic E-state index is 11.0. The summed E-state index contributed by atoms with van der Waals surface area (Å²) in [5, 5.41) is 0. The number of carbonyl (C=O) groups excluding carboxylic acids is 1. The topological polar surface area (TPSA) is 20.3 Å². The number of nitrogens with zero attached hydrogens (tertiary/aromatic N) is 1. The molecule has 1 aliphatic rings. The largest absolute Gasteiger partial charge is 0.339 e. The number of hydrogen-bond donors (Lipinski definition) is 0. The summed E-state index contributed by atoms with van der Waals surface area (Å²) in [5.74, 6) is 0.744. The van der Waals surface area contributed by atoms with Crippen molar-refractivity contribution in [3.8, 4) is 0 Å². The van der Waals surface area contributed by atoms with Gasteiger partial charge in [0.05, 0.1) is 0 Å². The minimum absolute atomic E-state index is 0. The molecule has 0 N–H and O–H groups in total. The fourth-order valence-electron chi connectivity index (χ4n) is 1.26. The van der Waals surface area contributed by atoms with Gasteiger partial charge in [-0.05, 0) is 18.4 Å². The summed E-state index contributed by atoms with van der Waals surface area (Å²) in [7, 11) is 0. The van der Waals surface area contributed by atoms with Crippen LogP contribution < -0.4 is 0 Å². The number of hydrogen-bond acceptors (Lipinski definition) is 1. The van der Waals surface area contributed by atoms with E-state index in [1.165, 1.54) is 6.08 Å². The first-order valence-electron chi connectivity index (χ1n) is 3.65. The molecule has 0 aliphatic carbocycles. The van der Waals surface area contributed by atoms with Crippen LogP contribution in [0.3, 0.4) is 0 Å². The molecule has 1 rings (SSSR count). The van der Waals surface area contributed by atoms with Crippen LogP contribution in [-0.2, 0) is 4.79 Å². The van der Waals surface area contributed by atoms with Crippen molar-refractivity contribution in [3.63, 3.8) is 0 Å². The van der Waals surface area contributed by atoms with Crippen LogP contribution in [0.15, 0.2) is 12.7 Å². The Labute approximate surface area is 68.9 Å². The third kappa shape index (κ3) is 2.37. The van der Waals surface area contributed by atoms with E-state index in [4.69, 9.17) is 0 Å². The number of likely N-dealkylation sites (tertiary alicyclic amines) is 1. The quantitative estimate of drug-likeness (QED) is 0.527. The maximum Gasteiger partial charge on any atom is 0.245 e. The zero-order valence-corrected chi connectivity index (χ0v) is 6.34. The summed E-state index contributed by atoms with van der Waals surface area (Å²) in [4.78, 5) is 12.8. The molecule has 0 aromatic heterocycles. The highest BCUT2D eigenvalue weighted by atomic mass is 16.2. The van der Waals surface area contributed by atoms with Gasteiger partial charge in [-0.1, -0.05) is 20.9 Å². The van der Waals surface area contributed by atoms with Crippen molar-refractivity contribution in [2.45, 2.75) is 20.8 Å². The molecule has 0 spiro atoms. The summed E-state index contributed by atoms with van der Waals surface area (Å²) >= 11 is 0. The standard InChI is InChI=1S/C8H13NO.CH4/c1-3-8(10)9-5-4-7(2)6-9;/h3,7H,1,4-6H2,2H3;1H4. The third-order valence-corrected chi connectivity index (χ3v) is 1.91. The van der Waals surface area contributed by atoms with Gasteiger partial charge in [-0.25, -0.2) is 0 Å². The Morgan fingerprint density at radius 3 is 2.73 bits per heavy atom. The summed E-state index contributed by atoms with van der Waals surface area (Å²) in [6.07, 6.45) is 2.53. The zero-order chi connectivity index (χ0) is 7.56. The third-order valence-electron chi connectivity index (χ3n) is 1.91. The Morgan fingerprint density at radius 1 is 1.73 bits per heavy atom.